The molecular weight excluding hydrogens is 320 g/mol. The molecule has 0 radical (unpaired) electrons. The van der Waals surface area contributed by atoms with E-state index < -0.39 is 34.3 Å². The molecule has 0 fully saturated rings. The van der Waals surface area contributed by atoms with Crippen molar-refractivity contribution in [1.29, 1.82) is 0 Å². The summed E-state index contributed by atoms with van der Waals surface area (Å²) in [4.78, 5) is -2.46. The summed E-state index contributed by atoms with van der Waals surface area (Å²) in [7, 11) is -7.10. The molecule has 104 valence electrons. The van der Waals surface area contributed by atoms with E-state index >= 15 is 0 Å². The van der Waals surface area contributed by atoms with Gasteiger partial charge in [-0.25, -0.2) is 0 Å². The minimum absolute atomic E-state index is 0.183. The first-order valence-corrected chi connectivity index (χ1v) is 7.53. The molecule has 6 nitrogen and oxygen atoms in total. The van der Waals surface area contributed by atoms with Crippen molar-refractivity contribution in [3.63, 3.8) is 0 Å². The monoisotopic (exact) mass is 326 g/mol. The molecule has 0 aliphatic carbocycles. The van der Waals surface area contributed by atoms with Gasteiger partial charge in [0.2, 0.25) is 0 Å². The van der Waals surface area contributed by atoms with Gasteiger partial charge in [-0.1, -0.05) is 4.33 Å². The van der Waals surface area contributed by atoms with Crippen molar-refractivity contribution >= 4 is 29.7 Å². The average Bonchev–Trinajstić information content (AvgIpc) is 2.75. The van der Waals surface area contributed by atoms with E-state index in [0.29, 0.717) is 6.07 Å². The predicted molar refractivity (Wildman–Crippen MR) is 54.7 cm³/mol. The number of halogens is 3. The third-order valence-electron chi connectivity index (χ3n) is 1.51. The highest BCUT2D eigenvalue weighted by atomic mass is 32.2. The number of rotatable bonds is 5. The maximum Gasteiger partial charge on any atom is 0.426 e. The van der Waals surface area contributed by atoms with Crippen molar-refractivity contribution in [2.45, 2.75) is 11.1 Å². The van der Waals surface area contributed by atoms with Crippen molar-refractivity contribution in [1.82, 2.24) is 0 Å². The Morgan fingerprint density at radius 1 is 1.39 bits per heavy atom. The van der Waals surface area contributed by atoms with Gasteiger partial charge in [-0.05, 0) is 11.4 Å². The zero-order valence-corrected chi connectivity index (χ0v) is 11.2. The van der Waals surface area contributed by atoms with Gasteiger partial charge in [-0.3, -0.25) is 4.57 Å². The van der Waals surface area contributed by atoms with E-state index in [-0.39, 0.29) is 11.3 Å². The van der Waals surface area contributed by atoms with E-state index in [4.69, 9.17) is 0 Å². The molecule has 1 atom stereocenters. The lowest BCUT2D eigenvalue weighted by Crippen LogP contribution is -2.11. The van der Waals surface area contributed by atoms with E-state index in [1.165, 1.54) is 0 Å². The van der Waals surface area contributed by atoms with Crippen LogP contribution in [0.2, 0.25) is 0 Å². The summed E-state index contributed by atoms with van der Waals surface area (Å²) in [5, 5.41) is 0.929. The Kier molecular flexibility index (Phi) is 4.92. The first kappa shape index (κ1) is 15.6. The van der Waals surface area contributed by atoms with Crippen molar-refractivity contribution in [3.05, 3.63) is 16.3 Å². The third kappa shape index (κ3) is 3.77. The second kappa shape index (κ2) is 5.68. The lowest BCUT2D eigenvalue weighted by molar-refractivity contribution is -0.137. The van der Waals surface area contributed by atoms with Crippen LogP contribution in [0.3, 0.4) is 0 Å². The minimum Gasteiger partial charge on any atom is -0.312 e. The SMILES string of the molecule is CO[PH](=O)OOS(=O)(=O)c1ccsc1C(F)(F)F. The van der Waals surface area contributed by atoms with E-state index in [2.05, 4.69) is 13.5 Å². The molecule has 0 N–H and O–H groups in total. The van der Waals surface area contributed by atoms with Crippen molar-refractivity contribution < 1.29 is 39.7 Å². The fraction of sp³-hybridized carbons (Fsp3) is 0.333. The molecule has 18 heavy (non-hydrogen) atoms. The molecule has 1 aromatic rings. The number of alkyl halides is 3. The molecule has 12 heteroatoms. The molecule has 0 aliphatic heterocycles. The number of thiophene rings is 1. The molecule has 1 unspecified atom stereocenters. The molecule has 1 rings (SSSR count). The molecule has 0 aliphatic rings. The van der Waals surface area contributed by atoms with Crippen LogP contribution in [0.15, 0.2) is 16.3 Å². The van der Waals surface area contributed by atoms with Gasteiger partial charge < -0.3 is 4.52 Å². The summed E-state index contributed by atoms with van der Waals surface area (Å²) in [5.74, 6) is 0. The summed E-state index contributed by atoms with van der Waals surface area (Å²) in [6, 6.07) is 0.705. The second-order valence-electron chi connectivity index (χ2n) is 2.67. The summed E-state index contributed by atoms with van der Waals surface area (Å²) < 4.78 is 82.4. The summed E-state index contributed by atoms with van der Waals surface area (Å²) in [5.41, 5.74) is 0. The topological polar surface area (TPSA) is 78.9 Å². The van der Waals surface area contributed by atoms with Crippen LogP contribution in [0.1, 0.15) is 4.88 Å². The van der Waals surface area contributed by atoms with Gasteiger partial charge in [-0.2, -0.15) is 21.6 Å². The van der Waals surface area contributed by atoms with E-state index in [0.717, 1.165) is 12.5 Å². The second-order valence-corrected chi connectivity index (χ2v) is 6.15. The van der Waals surface area contributed by atoms with Crippen molar-refractivity contribution in [2.75, 3.05) is 7.11 Å². The molecular formula is C6H6F3O6PS2. The molecule has 1 heterocycles. The van der Waals surface area contributed by atoms with Crippen molar-refractivity contribution in [2.24, 2.45) is 0 Å². The van der Waals surface area contributed by atoms with Crippen LogP contribution in [0.5, 0.6) is 0 Å². The molecule has 0 saturated carbocycles. The third-order valence-corrected chi connectivity index (χ3v) is 4.40. The predicted octanol–water partition coefficient (Wildman–Crippen LogP) is 2.44. The van der Waals surface area contributed by atoms with Gasteiger partial charge in [0.25, 0.3) is 0 Å². The van der Waals surface area contributed by atoms with Crippen LogP contribution in [0.4, 0.5) is 13.2 Å². The standard InChI is InChI=1S/C6H6F3O6PS2/c1-13-16(10)14-15-18(11,12)4-2-3-17-5(4)6(7,8)9/h2-3,16H,1H3. The number of hydrogen-bond donors (Lipinski definition) is 0. The van der Waals surface area contributed by atoms with Crippen LogP contribution in [-0.2, 0) is 34.4 Å². The lowest BCUT2D eigenvalue weighted by Gasteiger charge is -2.07. The maximum atomic E-state index is 12.4. The highest BCUT2D eigenvalue weighted by molar-refractivity contribution is 7.87. The van der Waals surface area contributed by atoms with Gasteiger partial charge in [0.05, 0.1) is 0 Å². The van der Waals surface area contributed by atoms with Crippen LogP contribution in [0, 0.1) is 0 Å². The van der Waals surface area contributed by atoms with E-state index in [1.807, 2.05) is 0 Å². The Balaban J connectivity index is 3.00. The molecule has 0 spiro atoms. The van der Waals surface area contributed by atoms with E-state index in [1.54, 1.807) is 0 Å². The summed E-state index contributed by atoms with van der Waals surface area (Å²) >= 11 is 0.183. The normalized spacial score (nSPS) is 14.7. The van der Waals surface area contributed by atoms with Gasteiger partial charge in [0.1, 0.15) is 9.77 Å². The molecule has 1 aromatic heterocycles. The average molecular weight is 326 g/mol. The minimum atomic E-state index is -4.84. The van der Waals surface area contributed by atoms with Crippen LogP contribution >= 0.6 is 19.6 Å². The van der Waals surface area contributed by atoms with Crippen LogP contribution in [-0.4, -0.2) is 15.5 Å². The Labute approximate surface area is 104 Å². The van der Waals surface area contributed by atoms with Gasteiger partial charge in [-0.15, -0.1) is 16.0 Å². The highest BCUT2D eigenvalue weighted by Gasteiger charge is 2.39. The Morgan fingerprint density at radius 3 is 2.50 bits per heavy atom. The van der Waals surface area contributed by atoms with Crippen LogP contribution < -0.4 is 0 Å². The smallest absolute Gasteiger partial charge is 0.312 e. The van der Waals surface area contributed by atoms with E-state index in [9.17, 15) is 26.2 Å². The largest absolute Gasteiger partial charge is 0.426 e. The van der Waals surface area contributed by atoms with Crippen molar-refractivity contribution in [3.8, 4) is 0 Å². The quantitative estimate of drug-likeness (QED) is 0.470. The fourth-order valence-corrected chi connectivity index (χ4v) is 3.34. The molecule has 0 amide bonds. The zero-order chi connectivity index (χ0) is 14.0. The molecule has 0 aromatic carbocycles. The lowest BCUT2D eigenvalue weighted by atomic mass is 10.5. The maximum absolute atomic E-state index is 12.4. The zero-order valence-electron chi connectivity index (χ0n) is 8.55. The van der Waals surface area contributed by atoms with Gasteiger partial charge >= 0.3 is 24.5 Å². The van der Waals surface area contributed by atoms with Gasteiger partial charge in [0, 0.05) is 7.11 Å². The fourth-order valence-electron chi connectivity index (χ4n) is 0.844. The first-order valence-electron chi connectivity index (χ1n) is 4.02. The molecule has 0 bridgehead atoms. The first-order chi connectivity index (χ1) is 8.18. The summed E-state index contributed by atoms with van der Waals surface area (Å²) in [6.07, 6.45) is -4.84. The Hall–Kier alpha value is -0.450. The molecule has 0 saturated heterocycles. The van der Waals surface area contributed by atoms with Crippen LogP contribution in [0.25, 0.3) is 0 Å². The highest BCUT2D eigenvalue weighted by Crippen LogP contribution is 2.39. The van der Waals surface area contributed by atoms with Gasteiger partial charge in [0.15, 0.2) is 0 Å². The Morgan fingerprint density at radius 2 is 2.00 bits per heavy atom. The number of hydrogen-bond acceptors (Lipinski definition) is 7. The summed E-state index contributed by atoms with van der Waals surface area (Å²) in [6.45, 7) is 0. The Bertz CT molecular complexity index is 536.